The van der Waals surface area contributed by atoms with E-state index < -0.39 is 23.4 Å². The number of hydrogen-bond donors (Lipinski definition) is 1. The first-order valence-corrected chi connectivity index (χ1v) is 13.2. The van der Waals surface area contributed by atoms with E-state index in [0.29, 0.717) is 21.8 Å². The fraction of sp³-hybridized carbons (Fsp3) is 0.121. The summed E-state index contributed by atoms with van der Waals surface area (Å²) in [6.45, 7) is 0. The third-order valence-electron chi connectivity index (χ3n) is 8.32. The number of carbonyl (C=O) groups excluding carboxylic acids is 3. The molecule has 1 saturated heterocycles. The molecule has 1 spiro atoms. The molecule has 4 atom stereocenters. The Morgan fingerprint density at radius 2 is 1.49 bits per heavy atom. The average Bonchev–Trinajstić information content (AvgIpc) is 3.45. The van der Waals surface area contributed by atoms with Crippen molar-refractivity contribution in [2.45, 2.75) is 17.5 Å². The van der Waals surface area contributed by atoms with Gasteiger partial charge in [0.05, 0.1) is 17.0 Å². The van der Waals surface area contributed by atoms with Gasteiger partial charge in [-0.25, -0.2) is 0 Å². The number of carbonyl (C=O) groups is 3. The summed E-state index contributed by atoms with van der Waals surface area (Å²) in [6, 6.07) is 29.6. The molecular weight excluding hydrogens is 508 g/mol. The number of halogens is 1. The van der Waals surface area contributed by atoms with Crippen LogP contribution in [0.4, 0.5) is 5.69 Å². The third kappa shape index (κ3) is 3.23. The van der Waals surface area contributed by atoms with Gasteiger partial charge in [0.2, 0.25) is 5.91 Å². The van der Waals surface area contributed by atoms with Gasteiger partial charge < -0.3 is 10.2 Å². The Hall–Kier alpha value is -4.48. The maximum absolute atomic E-state index is 14.6. The summed E-state index contributed by atoms with van der Waals surface area (Å²) in [7, 11) is 0. The van der Waals surface area contributed by atoms with Crippen LogP contribution in [0.1, 0.15) is 43.4 Å². The summed E-state index contributed by atoms with van der Waals surface area (Å²) in [5.74, 6) is -1.85. The van der Waals surface area contributed by atoms with Crippen LogP contribution in [0, 0.1) is 5.92 Å². The quantitative estimate of drug-likeness (QED) is 0.313. The van der Waals surface area contributed by atoms with Gasteiger partial charge in [-0.3, -0.25) is 14.4 Å². The minimum Gasteiger partial charge on any atom is -0.358 e. The smallest absolute Gasteiger partial charge is 0.238 e. The summed E-state index contributed by atoms with van der Waals surface area (Å²) in [5, 5.41) is 3.37. The van der Waals surface area contributed by atoms with Crippen molar-refractivity contribution in [3.63, 3.8) is 0 Å². The predicted molar refractivity (Wildman–Crippen MR) is 151 cm³/mol. The highest BCUT2D eigenvalue weighted by atomic mass is 35.5. The van der Waals surface area contributed by atoms with Gasteiger partial charge in [0.25, 0.3) is 0 Å². The van der Waals surface area contributed by atoms with E-state index in [-0.39, 0.29) is 17.5 Å². The van der Waals surface area contributed by atoms with Crippen LogP contribution in [-0.2, 0) is 10.2 Å². The van der Waals surface area contributed by atoms with Crippen LogP contribution in [0.25, 0.3) is 6.08 Å². The van der Waals surface area contributed by atoms with E-state index >= 15 is 0 Å². The van der Waals surface area contributed by atoms with Crippen LogP contribution in [-0.4, -0.2) is 28.4 Å². The van der Waals surface area contributed by atoms with E-state index in [1.165, 1.54) is 0 Å². The molecular formula is C33H23ClN2O3. The van der Waals surface area contributed by atoms with Crippen LogP contribution in [0.15, 0.2) is 109 Å². The number of Topliss-reactive ketones (excluding diaryl/α,β-unsaturated/α-hetero) is 2. The van der Waals surface area contributed by atoms with Gasteiger partial charge in [-0.2, -0.15) is 0 Å². The monoisotopic (exact) mass is 530 g/mol. The summed E-state index contributed by atoms with van der Waals surface area (Å²) in [6.07, 6.45) is 3.81. The molecule has 0 saturated carbocycles. The Balaban J connectivity index is 1.56. The maximum atomic E-state index is 14.6. The lowest BCUT2D eigenvalue weighted by Gasteiger charge is -2.38. The highest BCUT2D eigenvalue weighted by molar-refractivity contribution is 6.34. The topological polar surface area (TPSA) is 66.5 Å². The molecule has 4 unspecified atom stereocenters. The number of nitrogens with one attached hydrogen (secondary N) is 1. The molecule has 3 aliphatic rings. The first kappa shape index (κ1) is 23.6. The van der Waals surface area contributed by atoms with Gasteiger partial charge in [0.1, 0.15) is 11.5 Å². The van der Waals surface area contributed by atoms with E-state index in [9.17, 15) is 14.4 Å². The molecule has 0 aliphatic carbocycles. The minimum absolute atomic E-state index is 0.256. The van der Waals surface area contributed by atoms with E-state index in [0.717, 1.165) is 16.7 Å². The normalized spacial score (nSPS) is 24.2. The molecule has 5 nitrogen and oxygen atoms in total. The van der Waals surface area contributed by atoms with Crippen molar-refractivity contribution < 1.29 is 14.4 Å². The van der Waals surface area contributed by atoms with Crippen LogP contribution < -0.4 is 5.32 Å². The first-order chi connectivity index (χ1) is 19.0. The second-order valence-electron chi connectivity index (χ2n) is 10.2. The molecule has 3 aliphatic heterocycles. The van der Waals surface area contributed by atoms with Gasteiger partial charge in [-0.1, -0.05) is 96.5 Å². The second-order valence-corrected chi connectivity index (χ2v) is 10.6. The molecule has 39 heavy (non-hydrogen) atoms. The third-order valence-corrected chi connectivity index (χ3v) is 8.65. The number of hydrogen-bond acceptors (Lipinski definition) is 4. The number of nitrogens with zero attached hydrogens (tertiary/aromatic N) is 1. The van der Waals surface area contributed by atoms with Crippen LogP contribution in [0.5, 0.6) is 0 Å². The van der Waals surface area contributed by atoms with Crippen molar-refractivity contribution in [2.75, 3.05) is 5.32 Å². The molecule has 0 aromatic heterocycles. The number of ketones is 2. The van der Waals surface area contributed by atoms with Crippen molar-refractivity contribution in [1.82, 2.24) is 4.90 Å². The van der Waals surface area contributed by atoms with Crippen molar-refractivity contribution in [1.29, 1.82) is 0 Å². The average molecular weight is 531 g/mol. The molecule has 0 bridgehead atoms. The number of fused-ring (bicyclic) bond motifs is 6. The lowest BCUT2D eigenvalue weighted by Crippen LogP contribution is -2.49. The molecule has 1 amide bonds. The van der Waals surface area contributed by atoms with Gasteiger partial charge in [-0.15, -0.1) is 0 Å². The molecule has 0 radical (unpaired) electrons. The number of para-hydroxylation sites is 1. The van der Waals surface area contributed by atoms with E-state index in [2.05, 4.69) is 5.32 Å². The molecule has 1 fully saturated rings. The van der Waals surface area contributed by atoms with E-state index in [4.69, 9.17) is 11.6 Å². The Labute approximate surface area is 230 Å². The fourth-order valence-electron chi connectivity index (χ4n) is 6.77. The molecule has 7 rings (SSSR count). The number of anilines is 1. The number of benzene rings is 4. The zero-order chi connectivity index (χ0) is 26.7. The summed E-state index contributed by atoms with van der Waals surface area (Å²) in [5.41, 5.74) is 2.65. The van der Waals surface area contributed by atoms with Crippen molar-refractivity contribution >= 4 is 40.8 Å². The van der Waals surface area contributed by atoms with Gasteiger partial charge >= 0.3 is 0 Å². The highest BCUT2D eigenvalue weighted by Gasteiger charge is 2.70. The lowest BCUT2D eigenvalue weighted by atomic mass is 9.62. The molecule has 4 aromatic carbocycles. The summed E-state index contributed by atoms with van der Waals surface area (Å²) >= 11 is 6.54. The largest absolute Gasteiger partial charge is 0.358 e. The van der Waals surface area contributed by atoms with Crippen molar-refractivity contribution in [2.24, 2.45) is 5.92 Å². The molecule has 6 heteroatoms. The lowest BCUT2D eigenvalue weighted by molar-refractivity contribution is -0.122. The van der Waals surface area contributed by atoms with E-state index in [1.54, 1.807) is 48.5 Å². The zero-order valence-electron chi connectivity index (χ0n) is 20.8. The second kappa shape index (κ2) is 8.79. The highest BCUT2D eigenvalue weighted by Crippen LogP contribution is 2.62. The molecule has 3 heterocycles. The zero-order valence-corrected chi connectivity index (χ0v) is 21.5. The fourth-order valence-corrected chi connectivity index (χ4v) is 7.00. The number of amides is 1. The summed E-state index contributed by atoms with van der Waals surface area (Å²) in [4.78, 5) is 45.4. The van der Waals surface area contributed by atoms with Crippen LogP contribution in [0.2, 0.25) is 5.02 Å². The van der Waals surface area contributed by atoms with E-state index in [1.807, 2.05) is 71.8 Å². The SMILES string of the molecule is O=C(c1ccccc1Cl)C1C(C(=O)c2ccccc2)C2(C(=O)Nc3ccccc32)C2c3ccccc3C=CN12. The Morgan fingerprint density at radius 1 is 0.795 bits per heavy atom. The Morgan fingerprint density at radius 3 is 2.31 bits per heavy atom. The van der Waals surface area contributed by atoms with Gasteiger partial charge in [0.15, 0.2) is 11.6 Å². The molecule has 4 aromatic rings. The number of rotatable bonds is 4. The molecule has 1 N–H and O–H groups in total. The predicted octanol–water partition coefficient (Wildman–Crippen LogP) is 6.32. The Kier molecular flexibility index (Phi) is 5.32. The standard InChI is InChI=1S/C33H23ClN2O3/c34-25-16-8-6-14-23(25)30(38)28-27(29(37)21-11-2-1-3-12-21)33(24-15-7-9-17-26(24)35-32(33)39)31-22-13-5-4-10-20(22)18-19-36(28)31/h1-19,27-28,31H,(H,35,39). The van der Waals surface area contributed by atoms with Gasteiger partial charge in [-0.05, 0) is 41.0 Å². The van der Waals surface area contributed by atoms with Crippen LogP contribution in [0.3, 0.4) is 0 Å². The Bertz CT molecular complexity index is 1700. The first-order valence-electron chi connectivity index (χ1n) is 12.9. The van der Waals surface area contributed by atoms with Gasteiger partial charge in [0, 0.05) is 23.0 Å². The minimum atomic E-state index is -1.36. The van der Waals surface area contributed by atoms with Crippen LogP contribution >= 0.6 is 11.6 Å². The van der Waals surface area contributed by atoms with Crippen molar-refractivity contribution in [3.8, 4) is 0 Å². The summed E-state index contributed by atoms with van der Waals surface area (Å²) < 4.78 is 0. The molecule has 190 valence electrons. The maximum Gasteiger partial charge on any atom is 0.238 e. The van der Waals surface area contributed by atoms with Crippen molar-refractivity contribution in [3.05, 3.63) is 142 Å².